The summed E-state index contributed by atoms with van der Waals surface area (Å²) >= 11 is 6.28. The summed E-state index contributed by atoms with van der Waals surface area (Å²) in [5.41, 5.74) is 3.36. The predicted octanol–water partition coefficient (Wildman–Crippen LogP) is 3.65. The van der Waals surface area contributed by atoms with Gasteiger partial charge in [0.05, 0.1) is 11.7 Å². The van der Waals surface area contributed by atoms with E-state index in [1.807, 2.05) is 19.2 Å². The van der Waals surface area contributed by atoms with Crippen LogP contribution in [-0.4, -0.2) is 10.2 Å². The molecule has 1 N–H and O–H groups in total. The van der Waals surface area contributed by atoms with Crippen molar-refractivity contribution in [2.45, 2.75) is 26.7 Å². The Hall–Kier alpha value is -1.02. The van der Waals surface area contributed by atoms with E-state index in [0.717, 1.165) is 21.5 Å². The number of rotatable bonds is 1. The number of aromatic amines is 1. The topological polar surface area (TPSA) is 28.7 Å². The molecule has 1 aromatic carbocycles. The second-order valence-corrected chi connectivity index (χ2v) is 4.29. The number of benzene rings is 1. The molecule has 2 nitrogen and oxygen atoms in total. The quantitative estimate of drug-likeness (QED) is 0.762. The number of halogens is 1. The number of H-pyrrole nitrogens is 1. The Morgan fingerprint density at radius 3 is 2.79 bits per heavy atom. The molecule has 14 heavy (non-hydrogen) atoms. The Bertz CT molecular complexity index is 471. The van der Waals surface area contributed by atoms with Crippen LogP contribution in [0, 0.1) is 6.92 Å². The van der Waals surface area contributed by atoms with Crippen molar-refractivity contribution in [3.8, 4) is 0 Å². The van der Waals surface area contributed by atoms with Gasteiger partial charge in [-0.25, -0.2) is 0 Å². The molecule has 0 saturated carbocycles. The highest BCUT2D eigenvalue weighted by Crippen LogP contribution is 2.33. The van der Waals surface area contributed by atoms with E-state index in [4.69, 9.17) is 11.6 Å². The van der Waals surface area contributed by atoms with Gasteiger partial charge in [-0.1, -0.05) is 25.4 Å². The van der Waals surface area contributed by atoms with E-state index < -0.39 is 0 Å². The fourth-order valence-electron chi connectivity index (χ4n) is 1.80. The third kappa shape index (κ3) is 1.30. The van der Waals surface area contributed by atoms with Gasteiger partial charge in [-0.3, -0.25) is 5.10 Å². The SMILES string of the molecule is Cc1cc2[nH]ncc2c(C(C)C)c1Cl. The summed E-state index contributed by atoms with van der Waals surface area (Å²) < 4.78 is 0. The number of hydrogen-bond donors (Lipinski definition) is 1. The molecule has 74 valence electrons. The van der Waals surface area contributed by atoms with Crippen LogP contribution in [0.4, 0.5) is 0 Å². The zero-order valence-electron chi connectivity index (χ0n) is 8.56. The van der Waals surface area contributed by atoms with Crippen LogP contribution in [0.1, 0.15) is 30.9 Å². The Balaban J connectivity index is 2.86. The largest absolute Gasteiger partial charge is 0.278 e. The van der Waals surface area contributed by atoms with Crippen molar-refractivity contribution in [3.05, 3.63) is 28.4 Å². The Morgan fingerprint density at radius 2 is 2.14 bits per heavy atom. The number of fused-ring (bicyclic) bond motifs is 1. The van der Waals surface area contributed by atoms with Gasteiger partial charge in [0.25, 0.3) is 0 Å². The molecule has 3 heteroatoms. The van der Waals surface area contributed by atoms with Crippen molar-refractivity contribution in [3.63, 3.8) is 0 Å². The first-order valence-corrected chi connectivity index (χ1v) is 5.11. The van der Waals surface area contributed by atoms with E-state index in [1.165, 1.54) is 5.56 Å². The molecule has 0 aliphatic carbocycles. The van der Waals surface area contributed by atoms with Crippen LogP contribution in [0.5, 0.6) is 0 Å². The Kier molecular flexibility index (Phi) is 2.23. The first-order chi connectivity index (χ1) is 6.61. The lowest BCUT2D eigenvalue weighted by Gasteiger charge is -2.11. The fourth-order valence-corrected chi connectivity index (χ4v) is 2.17. The van der Waals surface area contributed by atoms with Crippen molar-refractivity contribution in [2.24, 2.45) is 0 Å². The van der Waals surface area contributed by atoms with Crippen molar-refractivity contribution in [1.82, 2.24) is 10.2 Å². The lowest BCUT2D eigenvalue weighted by atomic mass is 9.97. The molecule has 2 aromatic rings. The molecule has 1 heterocycles. The zero-order chi connectivity index (χ0) is 10.3. The van der Waals surface area contributed by atoms with Crippen LogP contribution >= 0.6 is 11.6 Å². The maximum Gasteiger partial charge on any atom is 0.0656 e. The minimum Gasteiger partial charge on any atom is -0.278 e. The minimum atomic E-state index is 0.419. The predicted molar refractivity (Wildman–Crippen MR) is 59.9 cm³/mol. The van der Waals surface area contributed by atoms with E-state index in [9.17, 15) is 0 Å². The Labute approximate surface area is 88.3 Å². The molecule has 2 rings (SSSR count). The molecule has 0 atom stereocenters. The molecular weight excluding hydrogens is 196 g/mol. The van der Waals surface area contributed by atoms with Gasteiger partial charge in [-0.05, 0) is 30.0 Å². The van der Waals surface area contributed by atoms with Crippen molar-refractivity contribution in [2.75, 3.05) is 0 Å². The molecule has 0 saturated heterocycles. The summed E-state index contributed by atoms with van der Waals surface area (Å²) in [4.78, 5) is 0. The van der Waals surface area contributed by atoms with Crippen LogP contribution in [0.15, 0.2) is 12.3 Å². The molecule has 0 spiro atoms. The highest BCUT2D eigenvalue weighted by atomic mass is 35.5. The molecule has 0 aliphatic rings. The zero-order valence-corrected chi connectivity index (χ0v) is 9.31. The average Bonchev–Trinajstić information content (AvgIpc) is 2.52. The second kappa shape index (κ2) is 3.28. The van der Waals surface area contributed by atoms with Gasteiger partial charge >= 0.3 is 0 Å². The standard InChI is InChI=1S/C11H13ClN2/c1-6(2)10-8-5-13-14-9(8)4-7(3)11(10)12/h4-6H,1-3H3,(H,13,14). The maximum atomic E-state index is 6.28. The summed E-state index contributed by atoms with van der Waals surface area (Å²) in [6.07, 6.45) is 1.84. The molecule has 0 radical (unpaired) electrons. The molecule has 0 amide bonds. The van der Waals surface area contributed by atoms with E-state index in [-0.39, 0.29) is 0 Å². The summed E-state index contributed by atoms with van der Waals surface area (Å²) in [5.74, 6) is 0.419. The number of aromatic nitrogens is 2. The number of hydrogen-bond acceptors (Lipinski definition) is 1. The second-order valence-electron chi connectivity index (χ2n) is 3.91. The van der Waals surface area contributed by atoms with Gasteiger partial charge < -0.3 is 0 Å². The summed E-state index contributed by atoms with van der Waals surface area (Å²) in [6, 6.07) is 2.04. The molecule has 0 fully saturated rings. The third-order valence-corrected chi connectivity index (χ3v) is 2.98. The summed E-state index contributed by atoms with van der Waals surface area (Å²) in [7, 11) is 0. The number of nitrogens with zero attached hydrogens (tertiary/aromatic N) is 1. The number of aryl methyl sites for hydroxylation is 1. The van der Waals surface area contributed by atoms with E-state index in [1.54, 1.807) is 0 Å². The first kappa shape index (κ1) is 9.53. The Morgan fingerprint density at radius 1 is 1.43 bits per heavy atom. The van der Waals surface area contributed by atoms with Gasteiger partial charge in [0, 0.05) is 10.4 Å². The summed E-state index contributed by atoms with van der Waals surface area (Å²) in [6.45, 7) is 6.31. The molecule has 1 aromatic heterocycles. The van der Waals surface area contributed by atoms with Gasteiger partial charge in [-0.15, -0.1) is 0 Å². The lowest BCUT2D eigenvalue weighted by Crippen LogP contribution is -1.92. The van der Waals surface area contributed by atoms with E-state index >= 15 is 0 Å². The normalized spacial score (nSPS) is 11.5. The molecule has 0 aliphatic heterocycles. The van der Waals surface area contributed by atoms with Crippen molar-refractivity contribution < 1.29 is 0 Å². The van der Waals surface area contributed by atoms with Gasteiger partial charge in [-0.2, -0.15) is 5.10 Å². The van der Waals surface area contributed by atoms with E-state index in [0.29, 0.717) is 5.92 Å². The van der Waals surface area contributed by atoms with Crippen molar-refractivity contribution in [1.29, 1.82) is 0 Å². The average molecular weight is 209 g/mol. The molecular formula is C11H13ClN2. The highest BCUT2D eigenvalue weighted by Gasteiger charge is 2.13. The van der Waals surface area contributed by atoms with E-state index in [2.05, 4.69) is 24.0 Å². The maximum absolute atomic E-state index is 6.28. The van der Waals surface area contributed by atoms with Crippen LogP contribution in [0.3, 0.4) is 0 Å². The molecule has 0 unspecified atom stereocenters. The van der Waals surface area contributed by atoms with Crippen LogP contribution in [0.2, 0.25) is 5.02 Å². The van der Waals surface area contributed by atoms with Crippen LogP contribution < -0.4 is 0 Å². The van der Waals surface area contributed by atoms with Gasteiger partial charge in [0.1, 0.15) is 0 Å². The first-order valence-electron chi connectivity index (χ1n) is 4.73. The molecule has 0 bridgehead atoms. The summed E-state index contributed by atoms with van der Waals surface area (Å²) in [5, 5.41) is 9.02. The van der Waals surface area contributed by atoms with Crippen LogP contribution in [0.25, 0.3) is 10.9 Å². The van der Waals surface area contributed by atoms with Crippen molar-refractivity contribution >= 4 is 22.5 Å². The number of nitrogens with one attached hydrogen (secondary N) is 1. The lowest BCUT2D eigenvalue weighted by molar-refractivity contribution is 0.875. The highest BCUT2D eigenvalue weighted by molar-refractivity contribution is 6.33. The minimum absolute atomic E-state index is 0.419. The van der Waals surface area contributed by atoms with Crippen LogP contribution in [-0.2, 0) is 0 Å². The smallest absolute Gasteiger partial charge is 0.0656 e. The fraction of sp³-hybridized carbons (Fsp3) is 0.364. The monoisotopic (exact) mass is 208 g/mol. The van der Waals surface area contributed by atoms with Gasteiger partial charge in [0.2, 0.25) is 0 Å². The third-order valence-electron chi connectivity index (χ3n) is 2.48. The van der Waals surface area contributed by atoms with Gasteiger partial charge in [0.15, 0.2) is 0 Å².